The Balaban J connectivity index is 1.98. The van der Waals surface area contributed by atoms with Crippen LogP contribution in [0.2, 0.25) is 5.02 Å². The van der Waals surface area contributed by atoms with Crippen molar-refractivity contribution in [1.29, 1.82) is 0 Å². The summed E-state index contributed by atoms with van der Waals surface area (Å²) in [7, 11) is 0. The molecule has 2 amide bonds. The molecule has 0 radical (unpaired) electrons. The van der Waals surface area contributed by atoms with Gasteiger partial charge < -0.3 is 10.2 Å². The van der Waals surface area contributed by atoms with E-state index in [2.05, 4.69) is 12.2 Å². The number of carbonyl (C=O) groups is 2. The molecule has 3 rings (SSSR count). The van der Waals surface area contributed by atoms with E-state index in [-0.39, 0.29) is 24.3 Å². The fraction of sp³-hybridized carbons (Fsp3) is 0.310. The van der Waals surface area contributed by atoms with E-state index in [9.17, 15) is 9.59 Å². The smallest absolute Gasteiger partial charge is 0.243 e. The zero-order chi connectivity index (χ0) is 24.7. The Morgan fingerprint density at radius 3 is 2.21 bits per heavy atom. The SMILES string of the molecule is Cc1ccc(CC(=O)N(Cc2cccc(Cl)c2)[C@H](Cc2ccccc2)C(=O)NC(C)C)cc1C. The Labute approximate surface area is 207 Å². The third-order valence-electron chi connectivity index (χ3n) is 5.87. The predicted octanol–water partition coefficient (Wildman–Crippen LogP) is 5.66. The summed E-state index contributed by atoms with van der Waals surface area (Å²) in [5.41, 5.74) is 5.15. The molecule has 0 fully saturated rings. The highest BCUT2D eigenvalue weighted by Gasteiger charge is 2.30. The fourth-order valence-electron chi connectivity index (χ4n) is 3.96. The van der Waals surface area contributed by atoms with Gasteiger partial charge in [-0.3, -0.25) is 9.59 Å². The normalized spacial score (nSPS) is 11.8. The van der Waals surface area contributed by atoms with Gasteiger partial charge in [-0.05, 0) is 67.6 Å². The summed E-state index contributed by atoms with van der Waals surface area (Å²) in [6.07, 6.45) is 0.653. The Bertz CT molecular complexity index is 1130. The number of halogens is 1. The molecule has 0 aromatic heterocycles. The van der Waals surface area contributed by atoms with Crippen molar-refractivity contribution in [2.24, 2.45) is 0 Å². The monoisotopic (exact) mass is 476 g/mol. The van der Waals surface area contributed by atoms with E-state index in [0.717, 1.165) is 22.3 Å². The van der Waals surface area contributed by atoms with Crippen molar-refractivity contribution in [3.63, 3.8) is 0 Å². The predicted molar refractivity (Wildman–Crippen MR) is 139 cm³/mol. The third-order valence-corrected chi connectivity index (χ3v) is 6.11. The molecule has 0 heterocycles. The van der Waals surface area contributed by atoms with Gasteiger partial charge in [0.25, 0.3) is 0 Å². The maximum atomic E-state index is 13.7. The lowest BCUT2D eigenvalue weighted by Crippen LogP contribution is -2.52. The van der Waals surface area contributed by atoms with E-state index in [0.29, 0.717) is 18.0 Å². The molecule has 34 heavy (non-hydrogen) atoms. The van der Waals surface area contributed by atoms with E-state index < -0.39 is 6.04 Å². The Hall–Kier alpha value is -3.11. The van der Waals surface area contributed by atoms with Gasteiger partial charge in [0.1, 0.15) is 6.04 Å². The summed E-state index contributed by atoms with van der Waals surface area (Å²) in [6, 6.07) is 22.6. The first-order valence-corrected chi connectivity index (χ1v) is 12.0. The highest BCUT2D eigenvalue weighted by Crippen LogP contribution is 2.19. The first-order chi connectivity index (χ1) is 16.2. The molecule has 0 aliphatic heterocycles. The number of benzene rings is 3. The number of hydrogen-bond acceptors (Lipinski definition) is 2. The molecule has 1 atom stereocenters. The van der Waals surface area contributed by atoms with Crippen molar-refractivity contribution in [2.75, 3.05) is 0 Å². The van der Waals surface area contributed by atoms with Crippen LogP contribution in [0, 0.1) is 13.8 Å². The van der Waals surface area contributed by atoms with E-state index in [4.69, 9.17) is 11.6 Å². The van der Waals surface area contributed by atoms with Gasteiger partial charge in [0.2, 0.25) is 11.8 Å². The van der Waals surface area contributed by atoms with Crippen LogP contribution < -0.4 is 5.32 Å². The first kappa shape index (κ1) is 25.5. The number of nitrogens with zero attached hydrogens (tertiary/aromatic N) is 1. The van der Waals surface area contributed by atoms with E-state index in [1.807, 2.05) is 87.5 Å². The van der Waals surface area contributed by atoms with Crippen LogP contribution in [0.25, 0.3) is 0 Å². The van der Waals surface area contributed by atoms with Gasteiger partial charge in [-0.2, -0.15) is 0 Å². The molecule has 0 saturated heterocycles. The van der Waals surface area contributed by atoms with Crippen LogP contribution in [0.5, 0.6) is 0 Å². The molecule has 0 saturated carbocycles. The van der Waals surface area contributed by atoms with Crippen LogP contribution in [0.1, 0.15) is 41.7 Å². The van der Waals surface area contributed by atoms with E-state index >= 15 is 0 Å². The lowest BCUT2D eigenvalue weighted by atomic mass is 10.00. The van der Waals surface area contributed by atoms with E-state index in [1.165, 1.54) is 5.56 Å². The Morgan fingerprint density at radius 1 is 0.853 bits per heavy atom. The molecule has 3 aromatic carbocycles. The summed E-state index contributed by atoms with van der Waals surface area (Å²) < 4.78 is 0. The Kier molecular flexibility index (Phi) is 8.89. The van der Waals surface area contributed by atoms with Crippen LogP contribution in [-0.2, 0) is 29.0 Å². The Morgan fingerprint density at radius 2 is 1.56 bits per heavy atom. The standard InChI is InChI=1S/C29H33ClN2O2/c1-20(2)31-29(34)27(17-23-9-6-5-7-10-23)32(19-25-11-8-12-26(30)16-25)28(33)18-24-14-13-21(3)22(4)15-24/h5-16,20,27H,17-19H2,1-4H3,(H,31,34)/t27-/m1/s1. The summed E-state index contributed by atoms with van der Waals surface area (Å²) in [5, 5.41) is 3.62. The molecule has 0 unspecified atom stereocenters. The van der Waals surface area contributed by atoms with Crippen molar-refractivity contribution in [3.8, 4) is 0 Å². The highest BCUT2D eigenvalue weighted by atomic mass is 35.5. The maximum absolute atomic E-state index is 13.7. The van der Waals surface area contributed by atoms with E-state index in [1.54, 1.807) is 11.0 Å². The van der Waals surface area contributed by atoms with Crippen molar-refractivity contribution in [3.05, 3.63) is 106 Å². The molecule has 0 aliphatic carbocycles. The molecule has 178 valence electrons. The molecule has 0 spiro atoms. The molecule has 1 N–H and O–H groups in total. The lowest BCUT2D eigenvalue weighted by molar-refractivity contribution is -0.141. The van der Waals surface area contributed by atoms with Gasteiger partial charge in [0, 0.05) is 24.0 Å². The minimum absolute atomic E-state index is 0.0337. The third kappa shape index (κ3) is 7.19. The number of amides is 2. The second-order valence-electron chi connectivity index (χ2n) is 9.12. The first-order valence-electron chi connectivity index (χ1n) is 11.7. The molecule has 5 heteroatoms. The van der Waals surface area contributed by atoms with Crippen molar-refractivity contribution >= 4 is 23.4 Å². The zero-order valence-electron chi connectivity index (χ0n) is 20.3. The van der Waals surface area contributed by atoms with Crippen LogP contribution >= 0.6 is 11.6 Å². The van der Waals surface area contributed by atoms with Gasteiger partial charge in [-0.1, -0.05) is 72.3 Å². The topological polar surface area (TPSA) is 49.4 Å². The number of rotatable bonds is 9. The second-order valence-corrected chi connectivity index (χ2v) is 9.55. The highest BCUT2D eigenvalue weighted by molar-refractivity contribution is 6.30. The number of aryl methyl sites for hydroxylation is 2. The summed E-state index contributed by atoms with van der Waals surface area (Å²) in [6.45, 7) is 8.25. The minimum Gasteiger partial charge on any atom is -0.352 e. The quantitative estimate of drug-likeness (QED) is 0.433. The summed E-state index contributed by atoms with van der Waals surface area (Å²) in [4.78, 5) is 28.8. The average Bonchev–Trinajstić information content (AvgIpc) is 2.79. The molecular weight excluding hydrogens is 444 g/mol. The maximum Gasteiger partial charge on any atom is 0.243 e. The fourth-order valence-corrected chi connectivity index (χ4v) is 4.17. The number of hydrogen-bond donors (Lipinski definition) is 1. The molecule has 3 aromatic rings. The summed E-state index contributed by atoms with van der Waals surface area (Å²) >= 11 is 6.23. The number of carbonyl (C=O) groups excluding carboxylic acids is 2. The molecular formula is C29H33ClN2O2. The van der Waals surface area contributed by atoms with Gasteiger partial charge in [-0.15, -0.1) is 0 Å². The molecule has 0 bridgehead atoms. The van der Waals surface area contributed by atoms with Crippen LogP contribution in [0.4, 0.5) is 0 Å². The minimum atomic E-state index is -0.650. The molecule has 0 aliphatic rings. The van der Waals surface area contributed by atoms with Crippen LogP contribution in [0.3, 0.4) is 0 Å². The van der Waals surface area contributed by atoms with Crippen molar-refractivity contribution in [2.45, 2.75) is 59.2 Å². The van der Waals surface area contributed by atoms with Gasteiger partial charge in [-0.25, -0.2) is 0 Å². The average molecular weight is 477 g/mol. The number of nitrogens with one attached hydrogen (secondary N) is 1. The second kappa shape index (κ2) is 11.8. The summed E-state index contributed by atoms with van der Waals surface area (Å²) in [5.74, 6) is -0.252. The van der Waals surface area contributed by atoms with Gasteiger partial charge in [0.15, 0.2) is 0 Å². The van der Waals surface area contributed by atoms with Crippen molar-refractivity contribution < 1.29 is 9.59 Å². The lowest BCUT2D eigenvalue weighted by Gasteiger charge is -2.32. The van der Waals surface area contributed by atoms with Gasteiger partial charge >= 0.3 is 0 Å². The van der Waals surface area contributed by atoms with Crippen LogP contribution in [-0.4, -0.2) is 28.8 Å². The zero-order valence-corrected chi connectivity index (χ0v) is 21.1. The largest absolute Gasteiger partial charge is 0.352 e. The van der Waals surface area contributed by atoms with Crippen molar-refractivity contribution in [1.82, 2.24) is 10.2 Å². The van der Waals surface area contributed by atoms with Gasteiger partial charge in [0.05, 0.1) is 6.42 Å². The van der Waals surface area contributed by atoms with Crippen LogP contribution in [0.15, 0.2) is 72.8 Å². The molecule has 4 nitrogen and oxygen atoms in total.